The Morgan fingerprint density at radius 2 is 1.87 bits per heavy atom. The predicted molar refractivity (Wildman–Crippen MR) is 85.8 cm³/mol. The molecule has 6 heteroatoms. The lowest BCUT2D eigenvalue weighted by Crippen LogP contribution is -2.58. The van der Waals surface area contributed by atoms with Gasteiger partial charge in [-0.2, -0.15) is 0 Å². The number of carbonyl (C=O) groups is 1. The molecule has 1 heterocycles. The lowest BCUT2D eigenvalue weighted by atomic mass is 10.1. The summed E-state index contributed by atoms with van der Waals surface area (Å²) in [6, 6.07) is 14.6. The van der Waals surface area contributed by atoms with Gasteiger partial charge in [-0.25, -0.2) is 8.78 Å². The van der Waals surface area contributed by atoms with Crippen LogP contribution in [-0.2, 0) is 6.61 Å². The summed E-state index contributed by atoms with van der Waals surface area (Å²) in [6.45, 7) is -0.631. The molecule has 3 rings (SSSR count). The molecule has 0 N–H and O–H groups in total. The second-order valence-electron chi connectivity index (χ2n) is 5.43. The van der Waals surface area contributed by atoms with Gasteiger partial charge in [0.05, 0.1) is 18.7 Å². The van der Waals surface area contributed by atoms with E-state index in [9.17, 15) is 13.6 Å². The van der Waals surface area contributed by atoms with Crippen LogP contribution in [0.3, 0.4) is 0 Å². The summed E-state index contributed by atoms with van der Waals surface area (Å²) in [5.74, 6) is -2.57. The van der Waals surface area contributed by atoms with Gasteiger partial charge >= 0.3 is 0 Å². The van der Waals surface area contributed by atoms with Crippen molar-refractivity contribution in [2.45, 2.75) is 12.5 Å². The molecule has 2 aromatic carbocycles. The first-order valence-electron chi connectivity index (χ1n) is 7.08. The Morgan fingerprint density at radius 3 is 2.48 bits per heavy atom. The standard InChI is InChI=1S/C17H14BrF2NO2/c18-15-8-13(23-9-12-4-2-1-3-5-12)6-7-14(15)16(22)21-10-17(19,20)11-21/h1-8H,9-11H2. The average Bonchev–Trinajstić information content (AvgIpc) is 2.51. The Hall–Kier alpha value is -1.95. The van der Waals surface area contributed by atoms with Crippen molar-refractivity contribution in [1.29, 1.82) is 0 Å². The zero-order valence-corrected chi connectivity index (χ0v) is 13.7. The summed E-state index contributed by atoms with van der Waals surface area (Å²) in [5.41, 5.74) is 1.39. The number of alkyl halides is 2. The van der Waals surface area contributed by atoms with E-state index in [4.69, 9.17) is 4.74 Å². The highest BCUT2D eigenvalue weighted by atomic mass is 79.9. The van der Waals surface area contributed by atoms with Crippen molar-refractivity contribution in [1.82, 2.24) is 4.90 Å². The first-order chi connectivity index (χ1) is 10.9. The lowest BCUT2D eigenvalue weighted by Gasteiger charge is -2.38. The molecule has 0 aliphatic carbocycles. The van der Waals surface area contributed by atoms with Gasteiger partial charge in [0.2, 0.25) is 0 Å². The molecule has 1 amide bonds. The number of benzene rings is 2. The molecular formula is C17H14BrF2NO2. The molecule has 2 aromatic rings. The molecule has 1 saturated heterocycles. The van der Waals surface area contributed by atoms with Gasteiger partial charge in [-0.1, -0.05) is 30.3 Å². The van der Waals surface area contributed by atoms with E-state index < -0.39 is 24.9 Å². The van der Waals surface area contributed by atoms with Crippen molar-refractivity contribution in [2.75, 3.05) is 13.1 Å². The highest BCUT2D eigenvalue weighted by Crippen LogP contribution is 2.31. The molecule has 0 radical (unpaired) electrons. The van der Waals surface area contributed by atoms with Gasteiger partial charge in [0, 0.05) is 4.47 Å². The van der Waals surface area contributed by atoms with Crippen molar-refractivity contribution in [3.05, 3.63) is 64.1 Å². The smallest absolute Gasteiger partial charge is 0.282 e. The third-order valence-corrected chi connectivity index (χ3v) is 4.21. The fraction of sp³-hybridized carbons (Fsp3) is 0.235. The number of halogens is 3. The maximum atomic E-state index is 12.9. The van der Waals surface area contributed by atoms with Gasteiger partial charge in [-0.15, -0.1) is 0 Å². The van der Waals surface area contributed by atoms with Gasteiger partial charge in [-0.05, 0) is 39.7 Å². The third kappa shape index (κ3) is 3.69. The number of carbonyl (C=O) groups excluding carboxylic acids is 1. The van der Waals surface area contributed by atoms with Crippen molar-refractivity contribution >= 4 is 21.8 Å². The molecule has 3 nitrogen and oxygen atoms in total. The zero-order chi connectivity index (χ0) is 16.4. The fourth-order valence-electron chi connectivity index (χ4n) is 2.33. The number of hydrogen-bond acceptors (Lipinski definition) is 2. The summed E-state index contributed by atoms with van der Waals surface area (Å²) >= 11 is 3.31. The summed E-state index contributed by atoms with van der Waals surface area (Å²) in [4.78, 5) is 13.3. The van der Waals surface area contributed by atoms with Crippen molar-refractivity contribution in [2.24, 2.45) is 0 Å². The highest BCUT2D eigenvalue weighted by molar-refractivity contribution is 9.10. The SMILES string of the molecule is O=C(c1ccc(OCc2ccccc2)cc1Br)N1CC(F)(F)C1. The molecule has 120 valence electrons. The second-order valence-corrected chi connectivity index (χ2v) is 6.29. The minimum Gasteiger partial charge on any atom is -0.489 e. The topological polar surface area (TPSA) is 29.5 Å². The predicted octanol–water partition coefficient (Wildman–Crippen LogP) is 4.12. The number of likely N-dealkylation sites (tertiary alicyclic amines) is 1. The van der Waals surface area contributed by atoms with Crippen LogP contribution in [0.4, 0.5) is 8.78 Å². The van der Waals surface area contributed by atoms with Gasteiger partial charge in [0.15, 0.2) is 0 Å². The fourth-order valence-corrected chi connectivity index (χ4v) is 2.85. The van der Waals surface area contributed by atoms with Crippen molar-refractivity contribution < 1.29 is 18.3 Å². The maximum Gasteiger partial charge on any atom is 0.282 e. The van der Waals surface area contributed by atoms with Crippen LogP contribution in [0, 0.1) is 0 Å². The number of hydrogen-bond donors (Lipinski definition) is 0. The average molecular weight is 382 g/mol. The Morgan fingerprint density at radius 1 is 1.17 bits per heavy atom. The molecule has 1 aliphatic heterocycles. The van der Waals surface area contributed by atoms with Crippen molar-refractivity contribution in [3.63, 3.8) is 0 Å². The number of rotatable bonds is 4. The van der Waals surface area contributed by atoms with E-state index >= 15 is 0 Å². The van der Waals surface area contributed by atoms with E-state index in [1.165, 1.54) is 0 Å². The Labute approximate surface area is 141 Å². The summed E-state index contributed by atoms with van der Waals surface area (Å²) in [5, 5.41) is 0. The minimum atomic E-state index is -2.76. The van der Waals surface area contributed by atoms with E-state index in [1.807, 2.05) is 30.3 Å². The number of amides is 1. The van der Waals surface area contributed by atoms with Crippen LogP contribution in [-0.4, -0.2) is 29.8 Å². The van der Waals surface area contributed by atoms with Crippen molar-refractivity contribution in [3.8, 4) is 5.75 Å². The molecule has 0 atom stereocenters. The molecule has 23 heavy (non-hydrogen) atoms. The molecule has 1 fully saturated rings. The minimum absolute atomic E-state index is 0.354. The van der Waals surface area contributed by atoms with Gasteiger partial charge in [0.1, 0.15) is 12.4 Å². The first-order valence-corrected chi connectivity index (χ1v) is 7.87. The first kappa shape index (κ1) is 15.9. The highest BCUT2D eigenvalue weighted by Gasteiger charge is 2.46. The Balaban J connectivity index is 1.65. The quantitative estimate of drug-likeness (QED) is 0.796. The second kappa shape index (κ2) is 6.28. The maximum absolute atomic E-state index is 12.9. The van der Waals surface area contributed by atoms with Gasteiger partial charge in [-0.3, -0.25) is 4.79 Å². The molecule has 0 spiro atoms. The number of ether oxygens (including phenoxy) is 1. The normalized spacial score (nSPS) is 15.9. The zero-order valence-electron chi connectivity index (χ0n) is 12.1. The third-order valence-electron chi connectivity index (χ3n) is 3.55. The van der Waals surface area contributed by atoms with Crippen LogP contribution in [0.2, 0.25) is 0 Å². The molecule has 1 aliphatic rings. The summed E-state index contributed by atoms with van der Waals surface area (Å²) in [7, 11) is 0. The van der Waals surface area contributed by atoms with Gasteiger partial charge < -0.3 is 9.64 Å². The van der Waals surface area contributed by atoms with Crippen LogP contribution in [0.25, 0.3) is 0 Å². The van der Waals surface area contributed by atoms with E-state index in [0.29, 0.717) is 22.4 Å². The summed E-state index contributed by atoms with van der Waals surface area (Å²) in [6.07, 6.45) is 0. The number of nitrogens with zero attached hydrogens (tertiary/aromatic N) is 1. The van der Waals surface area contributed by atoms with E-state index in [2.05, 4.69) is 15.9 Å². The summed E-state index contributed by atoms with van der Waals surface area (Å²) < 4.78 is 31.9. The van der Waals surface area contributed by atoms with E-state index in [1.54, 1.807) is 18.2 Å². The molecule has 0 bridgehead atoms. The van der Waals surface area contributed by atoms with E-state index in [-0.39, 0.29) is 0 Å². The van der Waals surface area contributed by atoms with Crippen LogP contribution in [0.5, 0.6) is 5.75 Å². The van der Waals surface area contributed by atoms with Crippen LogP contribution in [0.15, 0.2) is 53.0 Å². The monoisotopic (exact) mass is 381 g/mol. The Bertz CT molecular complexity index is 714. The molecule has 0 unspecified atom stereocenters. The van der Waals surface area contributed by atoms with Crippen LogP contribution >= 0.6 is 15.9 Å². The van der Waals surface area contributed by atoms with Crippen LogP contribution in [0.1, 0.15) is 15.9 Å². The Kier molecular flexibility index (Phi) is 4.35. The van der Waals surface area contributed by atoms with Gasteiger partial charge in [0.25, 0.3) is 11.8 Å². The molecule has 0 saturated carbocycles. The van der Waals surface area contributed by atoms with E-state index in [0.717, 1.165) is 10.5 Å². The molecule has 0 aromatic heterocycles. The largest absolute Gasteiger partial charge is 0.489 e. The molecular weight excluding hydrogens is 368 g/mol. The lowest BCUT2D eigenvalue weighted by molar-refractivity contribution is -0.113. The van der Waals surface area contributed by atoms with Crippen LogP contribution < -0.4 is 4.74 Å².